The van der Waals surface area contributed by atoms with Gasteiger partial charge in [-0.3, -0.25) is 28.8 Å². The Bertz CT molecular complexity index is 2340. The number of benzene rings is 4. The van der Waals surface area contributed by atoms with E-state index < -0.39 is 47.0 Å². The van der Waals surface area contributed by atoms with Gasteiger partial charge in [0.2, 0.25) is 35.4 Å². The molecule has 4 aromatic rings. The maximum absolute atomic E-state index is 14.9. The molecule has 15 heteroatoms. The summed E-state index contributed by atoms with van der Waals surface area (Å²) >= 11 is 0. The van der Waals surface area contributed by atoms with Crippen LogP contribution in [0.2, 0.25) is 0 Å². The first kappa shape index (κ1) is 49.7. The second-order valence-corrected chi connectivity index (χ2v) is 17.6. The van der Waals surface area contributed by atoms with Crippen LogP contribution in [0.3, 0.4) is 0 Å². The number of rotatable bonds is 13. The summed E-state index contributed by atoms with van der Waals surface area (Å²) in [5.41, 5.74) is 10.7. The second kappa shape index (κ2) is 24.7. The molecule has 1 saturated heterocycles. The molecule has 6 amide bonds. The maximum Gasteiger partial charge on any atom is 0.246 e. The molecule has 0 spiro atoms. The highest BCUT2D eigenvalue weighted by molar-refractivity contribution is 5.97. The third-order valence-electron chi connectivity index (χ3n) is 12.0. The molecule has 0 radical (unpaired) electrons. The van der Waals surface area contributed by atoms with Crippen LogP contribution in [0.15, 0.2) is 115 Å². The van der Waals surface area contributed by atoms with E-state index in [-0.39, 0.29) is 58.0 Å². The van der Waals surface area contributed by atoms with Crippen molar-refractivity contribution in [1.29, 1.82) is 0 Å². The molecule has 1 fully saturated rings. The summed E-state index contributed by atoms with van der Waals surface area (Å²) in [6, 6.07) is 31.1. The third-order valence-corrected chi connectivity index (χ3v) is 12.0. The predicted octanol–water partition coefficient (Wildman–Crippen LogP) is 2.81. The number of piperidine rings is 1. The third kappa shape index (κ3) is 14.9. The first-order valence-corrected chi connectivity index (χ1v) is 23.0. The van der Waals surface area contributed by atoms with Gasteiger partial charge in [-0.15, -0.1) is 0 Å². The number of fused-ring (bicyclic) bond motifs is 3. The Labute approximate surface area is 393 Å². The van der Waals surface area contributed by atoms with Gasteiger partial charge in [-0.25, -0.2) is 0 Å². The zero-order valence-corrected chi connectivity index (χ0v) is 38.6. The van der Waals surface area contributed by atoms with Crippen LogP contribution in [0.25, 0.3) is 11.1 Å². The number of carbonyl (C=O) groups is 6. The van der Waals surface area contributed by atoms with Crippen LogP contribution in [0, 0.1) is 5.41 Å². The standard InChI is InChI=1S/C52H64N8O7/c1-59(2)35-39-15-19-41(20-16-39)40-17-13-37(14-18-40)31-45-50(65)56-34-43-12-7-6-11-42(43)32-47(62)57-44(49(64)55-27-30-67-29-25-53)23-26-54-46(61)21-22-48(63)60-28-8-24-52(36-60,51(66)58-45)33-38-9-4-3-5-10-38/h3-7,9-22,44-45H,8,23-36,53H2,1-2H3,(H,54,61)(H,55,64)(H,56,65)(H,57,62)(H,58,66)/b22-21+/t44-,45-,52-/m0/s1. The lowest BCUT2D eigenvalue weighted by atomic mass is 9.74. The number of carbonyl (C=O) groups excluding carboxylic acids is 6. The van der Waals surface area contributed by atoms with Crippen molar-refractivity contribution in [2.24, 2.45) is 11.1 Å². The molecule has 6 rings (SSSR count). The summed E-state index contributed by atoms with van der Waals surface area (Å²) in [4.78, 5) is 86.8. The molecule has 0 saturated carbocycles. The Balaban J connectivity index is 1.30. The zero-order chi connectivity index (χ0) is 47.6. The van der Waals surface area contributed by atoms with E-state index >= 15 is 0 Å². The fraction of sp³-hybridized carbons (Fsp3) is 0.385. The van der Waals surface area contributed by atoms with Crippen molar-refractivity contribution in [3.8, 4) is 11.1 Å². The molecule has 0 aromatic heterocycles. The largest absolute Gasteiger partial charge is 0.378 e. The van der Waals surface area contributed by atoms with Crippen molar-refractivity contribution < 1.29 is 33.5 Å². The maximum atomic E-state index is 14.9. The van der Waals surface area contributed by atoms with Gasteiger partial charge >= 0.3 is 0 Å². The van der Waals surface area contributed by atoms with E-state index in [4.69, 9.17) is 10.5 Å². The van der Waals surface area contributed by atoms with Crippen molar-refractivity contribution in [2.45, 2.75) is 63.7 Å². The monoisotopic (exact) mass is 912 g/mol. The van der Waals surface area contributed by atoms with Crippen molar-refractivity contribution >= 4 is 35.4 Å². The molecule has 0 unspecified atom stereocenters. The van der Waals surface area contributed by atoms with Crippen LogP contribution in [0.4, 0.5) is 0 Å². The van der Waals surface area contributed by atoms with Crippen LogP contribution in [-0.4, -0.2) is 117 Å². The smallest absolute Gasteiger partial charge is 0.246 e. The van der Waals surface area contributed by atoms with Gasteiger partial charge in [0.1, 0.15) is 12.1 Å². The summed E-state index contributed by atoms with van der Waals surface area (Å²) < 4.78 is 5.38. The molecule has 2 bridgehead atoms. The SMILES string of the molecule is CN(C)Cc1ccc(-c2ccc(C[C@@H]3NC(=O)[C@]4(Cc5ccccc5)CCCN(C4)C(=O)/C=C/C(=O)NCC[C@@H](C(=O)NCCOCCN)NC(=O)Cc4ccccc4CNC3=O)cc2)cc1. The Morgan fingerprint density at radius 2 is 1.49 bits per heavy atom. The average Bonchev–Trinajstić information content (AvgIpc) is 3.32. The molecule has 0 aliphatic carbocycles. The molecule has 2 heterocycles. The van der Waals surface area contributed by atoms with Crippen molar-refractivity contribution in [1.82, 2.24) is 36.4 Å². The topological polar surface area (TPSA) is 204 Å². The molecule has 67 heavy (non-hydrogen) atoms. The van der Waals surface area contributed by atoms with Crippen LogP contribution in [0.1, 0.15) is 47.1 Å². The Kier molecular flexibility index (Phi) is 18.4. The Hall–Kier alpha value is -6.68. The first-order valence-electron chi connectivity index (χ1n) is 23.0. The molecule has 2 aliphatic heterocycles. The Morgan fingerprint density at radius 1 is 0.806 bits per heavy atom. The molecule has 15 nitrogen and oxygen atoms in total. The van der Waals surface area contributed by atoms with E-state index in [1.54, 1.807) is 17.0 Å². The van der Waals surface area contributed by atoms with Crippen molar-refractivity contribution in [3.63, 3.8) is 0 Å². The van der Waals surface area contributed by atoms with Crippen molar-refractivity contribution in [3.05, 3.63) is 143 Å². The number of amides is 6. The van der Waals surface area contributed by atoms with Crippen molar-refractivity contribution in [2.75, 3.05) is 60.0 Å². The zero-order valence-electron chi connectivity index (χ0n) is 38.6. The summed E-state index contributed by atoms with van der Waals surface area (Å²) in [6.45, 7) is 2.43. The molecule has 7 N–H and O–H groups in total. The number of nitrogens with two attached hydrogens (primary N) is 1. The van der Waals surface area contributed by atoms with Gasteiger partial charge < -0.3 is 46.9 Å². The quantitative estimate of drug-likeness (QED) is 0.109. The average molecular weight is 913 g/mol. The fourth-order valence-electron chi connectivity index (χ4n) is 8.57. The molecular formula is C52H64N8O7. The highest BCUT2D eigenvalue weighted by Crippen LogP contribution is 2.35. The normalized spacial score (nSPS) is 20.5. The van der Waals surface area contributed by atoms with Crippen LogP contribution in [-0.2, 0) is 65.9 Å². The van der Waals surface area contributed by atoms with Gasteiger partial charge in [0, 0.05) is 64.4 Å². The van der Waals surface area contributed by atoms with Crippen LogP contribution in [0.5, 0.6) is 0 Å². The number of hydrogen-bond donors (Lipinski definition) is 6. The van der Waals surface area contributed by atoms with Gasteiger partial charge in [-0.05, 0) is 78.7 Å². The van der Waals surface area contributed by atoms with Gasteiger partial charge in [-0.1, -0.05) is 103 Å². The highest BCUT2D eigenvalue weighted by atomic mass is 16.5. The van der Waals surface area contributed by atoms with Gasteiger partial charge in [0.05, 0.1) is 25.0 Å². The molecular weight excluding hydrogens is 849 g/mol. The van der Waals surface area contributed by atoms with E-state index in [0.717, 1.165) is 34.9 Å². The van der Waals surface area contributed by atoms with Gasteiger partial charge in [0.15, 0.2) is 0 Å². The minimum atomic E-state index is -1.10. The van der Waals surface area contributed by atoms with E-state index in [0.29, 0.717) is 50.1 Å². The lowest BCUT2D eigenvalue weighted by molar-refractivity contribution is -0.141. The van der Waals surface area contributed by atoms with Gasteiger partial charge in [-0.2, -0.15) is 0 Å². The fourth-order valence-corrected chi connectivity index (χ4v) is 8.57. The van der Waals surface area contributed by atoms with E-state index in [1.807, 2.05) is 80.8 Å². The molecule has 2 aliphatic rings. The van der Waals surface area contributed by atoms with E-state index in [1.165, 1.54) is 11.6 Å². The molecule has 354 valence electrons. The van der Waals surface area contributed by atoms with Crippen LogP contribution >= 0.6 is 0 Å². The second-order valence-electron chi connectivity index (χ2n) is 17.6. The van der Waals surface area contributed by atoms with Gasteiger partial charge in [0.25, 0.3) is 0 Å². The summed E-state index contributed by atoms with van der Waals surface area (Å²) in [5, 5.41) is 14.5. The minimum Gasteiger partial charge on any atom is -0.378 e. The van der Waals surface area contributed by atoms with Crippen LogP contribution < -0.4 is 32.3 Å². The van der Waals surface area contributed by atoms with E-state index in [2.05, 4.69) is 55.7 Å². The summed E-state index contributed by atoms with van der Waals surface area (Å²) in [7, 11) is 4.07. The summed E-state index contributed by atoms with van der Waals surface area (Å²) in [5.74, 6) is -2.68. The summed E-state index contributed by atoms with van der Waals surface area (Å²) in [6.07, 6.45) is 3.74. The predicted molar refractivity (Wildman–Crippen MR) is 257 cm³/mol. The first-order chi connectivity index (χ1) is 32.4. The highest BCUT2D eigenvalue weighted by Gasteiger charge is 2.44. The number of hydrogen-bond acceptors (Lipinski definition) is 9. The number of ether oxygens (including phenoxy) is 1. The lowest BCUT2D eigenvalue weighted by Gasteiger charge is -2.42. The lowest BCUT2D eigenvalue weighted by Crippen LogP contribution is -2.58. The molecule has 4 aromatic carbocycles. The molecule has 3 atom stereocenters. The Morgan fingerprint density at radius 3 is 2.19 bits per heavy atom. The number of nitrogens with one attached hydrogen (secondary N) is 5. The minimum absolute atomic E-state index is 0.0164. The number of nitrogens with zero attached hydrogens (tertiary/aromatic N) is 2. The van der Waals surface area contributed by atoms with E-state index in [9.17, 15) is 28.8 Å².